The fourth-order valence-corrected chi connectivity index (χ4v) is 3.86. The number of carboxylic acids is 3. The van der Waals surface area contributed by atoms with Gasteiger partial charge in [-0.3, -0.25) is 38.8 Å². The highest BCUT2D eigenvalue weighted by Crippen LogP contribution is 2.23. The van der Waals surface area contributed by atoms with E-state index in [-0.39, 0.29) is 25.2 Å². The number of nitrogens with zero attached hydrogens (tertiary/aromatic N) is 4. The van der Waals surface area contributed by atoms with Gasteiger partial charge in [-0.05, 0) is 18.3 Å². The topological polar surface area (TPSA) is 151 Å². The van der Waals surface area contributed by atoms with Gasteiger partial charge >= 0.3 is 17.9 Å². The lowest BCUT2D eigenvalue weighted by Gasteiger charge is -2.36. The number of carbonyl (C=O) groups is 4. The van der Waals surface area contributed by atoms with E-state index in [2.05, 4.69) is 20.8 Å². The van der Waals surface area contributed by atoms with Gasteiger partial charge in [0.2, 0.25) is 0 Å². The minimum atomic E-state index is -0.997. The van der Waals surface area contributed by atoms with Gasteiger partial charge in [0, 0.05) is 52.4 Å². The highest BCUT2D eigenvalue weighted by atomic mass is 16.5. The standard InChI is InChI=1S/C22H40N4O8/c1-22(2,3)5-4-18(21(32)33)26-12-10-24(15-20(30)31)7-6-23(14-19(28)29)8-9-25(11-13-26)16-34-17-27/h17-18H,4-16H2,1-3H3,(H,28,29)(H,30,31)(H,32,33). The molecule has 34 heavy (non-hydrogen) atoms. The molecule has 0 aromatic rings. The second-order valence-corrected chi connectivity index (χ2v) is 9.84. The van der Waals surface area contributed by atoms with E-state index in [1.54, 1.807) is 9.80 Å². The molecule has 1 rings (SSSR count). The van der Waals surface area contributed by atoms with Crippen LogP contribution in [-0.4, -0.2) is 138 Å². The number of ether oxygens (including phenoxy) is 1. The third-order valence-electron chi connectivity index (χ3n) is 5.81. The maximum absolute atomic E-state index is 12.2. The van der Waals surface area contributed by atoms with Crippen LogP contribution in [0.4, 0.5) is 0 Å². The van der Waals surface area contributed by atoms with Crippen molar-refractivity contribution in [1.82, 2.24) is 19.6 Å². The Bertz CT molecular complexity index is 670. The van der Waals surface area contributed by atoms with Crippen LogP contribution in [0.15, 0.2) is 0 Å². The van der Waals surface area contributed by atoms with Crippen molar-refractivity contribution in [3.8, 4) is 0 Å². The minimum Gasteiger partial charge on any atom is -0.480 e. The molecule has 1 saturated heterocycles. The lowest BCUT2D eigenvalue weighted by molar-refractivity contribution is -0.144. The average Bonchev–Trinajstić information content (AvgIpc) is 2.70. The molecule has 0 aliphatic carbocycles. The maximum atomic E-state index is 12.2. The normalized spacial score (nSPS) is 19.5. The summed E-state index contributed by atoms with van der Waals surface area (Å²) in [5, 5.41) is 28.5. The highest BCUT2D eigenvalue weighted by Gasteiger charge is 2.29. The van der Waals surface area contributed by atoms with Crippen LogP contribution in [-0.2, 0) is 23.9 Å². The molecule has 1 heterocycles. The van der Waals surface area contributed by atoms with E-state index in [0.717, 1.165) is 0 Å². The lowest BCUT2D eigenvalue weighted by atomic mass is 9.88. The van der Waals surface area contributed by atoms with Gasteiger partial charge in [-0.1, -0.05) is 20.8 Å². The van der Waals surface area contributed by atoms with Crippen molar-refractivity contribution < 1.29 is 39.2 Å². The van der Waals surface area contributed by atoms with Gasteiger partial charge in [-0.2, -0.15) is 0 Å². The molecule has 1 fully saturated rings. The fourth-order valence-electron chi connectivity index (χ4n) is 3.86. The first-order valence-electron chi connectivity index (χ1n) is 11.5. The lowest BCUT2D eigenvalue weighted by Crippen LogP contribution is -2.51. The smallest absolute Gasteiger partial charge is 0.320 e. The molecule has 0 bridgehead atoms. The van der Waals surface area contributed by atoms with Gasteiger partial charge in [-0.25, -0.2) is 0 Å². The van der Waals surface area contributed by atoms with E-state index < -0.39 is 23.9 Å². The highest BCUT2D eigenvalue weighted by molar-refractivity contribution is 5.73. The number of rotatable bonds is 11. The van der Waals surface area contributed by atoms with E-state index in [1.807, 2.05) is 9.80 Å². The van der Waals surface area contributed by atoms with Crippen LogP contribution >= 0.6 is 0 Å². The molecule has 0 radical (unpaired) electrons. The number of hydrogen-bond donors (Lipinski definition) is 3. The number of hydrogen-bond acceptors (Lipinski definition) is 9. The van der Waals surface area contributed by atoms with E-state index in [9.17, 15) is 34.5 Å². The van der Waals surface area contributed by atoms with Crippen molar-refractivity contribution in [3.63, 3.8) is 0 Å². The molecule has 0 spiro atoms. The molecule has 12 heteroatoms. The van der Waals surface area contributed by atoms with Gasteiger partial charge in [0.05, 0.1) is 13.1 Å². The Morgan fingerprint density at radius 3 is 1.68 bits per heavy atom. The monoisotopic (exact) mass is 488 g/mol. The second-order valence-electron chi connectivity index (χ2n) is 9.84. The Kier molecular flexibility index (Phi) is 13.0. The Hall–Kier alpha value is -2.28. The van der Waals surface area contributed by atoms with Gasteiger partial charge in [-0.15, -0.1) is 0 Å². The molecular weight excluding hydrogens is 448 g/mol. The van der Waals surface area contributed by atoms with Crippen LogP contribution in [0.2, 0.25) is 0 Å². The molecular formula is C22H40N4O8. The van der Waals surface area contributed by atoms with Gasteiger partial charge in [0.1, 0.15) is 12.8 Å². The predicted molar refractivity (Wildman–Crippen MR) is 123 cm³/mol. The summed E-state index contributed by atoms with van der Waals surface area (Å²) in [5.74, 6) is -2.91. The fraction of sp³-hybridized carbons (Fsp3) is 0.818. The van der Waals surface area contributed by atoms with Crippen LogP contribution in [0.1, 0.15) is 33.6 Å². The number of carboxylic acid groups (broad SMARTS) is 3. The first kappa shape index (κ1) is 29.8. The Balaban J connectivity index is 3.10. The molecule has 196 valence electrons. The van der Waals surface area contributed by atoms with Crippen LogP contribution < -0.4 is 0 Å². The van der Waals surface area contributed by atoms with Crippen LogP contribution in [0, 0.1) is 5.41 Å². The van der Waals surface area contributed by atoms with Crippen LogP contribution in [0.3, 0.4) is 0 Å². The van der Waals surface area contributed by atoms with E-state index in [1.165, 1.54) is 0 Å². The Morgan fingerprint density at radius 2 is 1.26 bits per heavy atom. The van der Waals surface area contributed by atoms with E-state index in [4.69, 9.17) is 4.74 Å². The summed E-state index contributed by atoms with van der Waals surface area (Å²) in [4.78, 5) is 52.6. The third kappa shape index (κ3) is 12.8. The summed E-state index contributed by atoms with van der Waals surface area (Å²) < 4.78 is 4.91. The van der Waals surface area contributed by atoms with Crippen molar-refractivity contribution in [2.75, 3.05) is 72.2 Å². The quantitative estimate of drug-likeness (QED) is 0.330. The molecule has 12 nitrogen and oxygen atoms in total. The molecule has 3 N–H and O–H groups in total. The summed E-state index contributed by atoms with van der Waals surface area (Å²) >= 11 is 0. The number of aliphatic carboxylic acids is 3. The first-order chi connectivity index (χ1) is 15.9. The van der Waals surface area contributed by atoms with Gasteiger partial charge < -0.3 is 20.1 Å². The molecule has 1 atom stereocenters. The summed E-state index contributed by atoms with van der Waals surface area (Å²) in [6.45, 7) is 9.04. The zero-order valence-corrected chi connectivity index (χ0v) is 20.5. The predicted octanol–water partition coefficient (Wildman–Crippen LogP) is -0.213. The molecule has 1 aliphatic heterocycles. The third-order valence-corrected chi connectivity index (χ3v) is 5.81. The van der Waals surface area contributed by atoms with Crippen molar-refractivity contribution in [3.05, 3.63) is 0 Å². The van der Waals surface area contributed by atoms with Crippen LogP contribution in [0.25, 0.3) is 0 Å². The first-order valence-corrected chi connectivity index (χ1v) is 11.5. The largest absolute Gasteiger partial charge is 0.480 e. The Morgan fingerprint density at radius 1 is 0.824 bits per heavy atom. The molecule has 0 amide bonds. The van der Waals surface area contributed by atoms with Crippen molar-refractivity contribution >= 4 is 24.4 Å². The van der Waals surface area contributed by atoms with Crippen molar-refractivity contribution in [2.24, 2.45) is 5.41 Å². The van der Waals surface area contributed by atoms with Crippen LogP contribution in [0.5, 0.6) is 0 Å². The minimum absolute atomic E-state index is 0.0170. The zero-order chi connectivity index (χ0) is 25.7. The SMILES string of the molecule is CC(C)(C)CCC(C(=O)O)N1CCN(COC=O)CCN(CC(=O)O)CCN(CC(=O)O)CC1. The molecule has 0 aromatic heterocycles. The molecule has 0 saturated carbocycles. The zero-order valence-electron chi connectivity index (χ0n) is 20.5. The summed E-state index contributed by atoms with van der Waals surface area (Å²) in [7, 11) is 0. The van der Waals surface area contributed by atoms with Gasteiger partial charge in [0.15, 0.2) is 0 Å². The average molecular weight is 489 g/mol. The van der Waals surface area contributed by atoms with Gasteiger partial charge in [0.25, 0.3) is 6.47 Å². The van der Waals surface area contributed by atoms with E-state index in [0.29, 0.717) is 71.7 Å². The Labute approximate surface area is 201 Å². The maximum Gasteiger partial charge on any atom is 0.320 e. The van der Waals surface area contributed by atoms with E-state index >= 15 is 0 Å². The summed E-state index contributed by atoms with van der Waals surface area (Å²) in [6.07, 6.45) is 1.16. The second kappa shape index (κ2) is 14.9. The van der Waals surface area contributed by atoms with Crippen molar-refractivity contribution in [2.45, 2.75) is 39.7 Å². The number of carbonyl (C=O) groups excluding carboxylic acids is 1. The summed E-state index contributed by atoms with van der Waals surface area (Å²) in [5.41, 5.74) is -0.0347. The summed E-state index contributed by atoms with van der Waals surface area (Å²) in [6, 6.07) is -0.730. The molecule has 1 unspecified atom stereocenters. The molecule has 1 aliphatic rings. The molecule has 0 aromatic carbocycles. The van der Waals surface area contributed by atoms with Crippen molar-refractivity contribution in [1.29, 1.82) is 0 Å².